The fraction of sp³-hybridized carbons (Fsp3) is 0.400. The second-order valence-electron chi connectivity index (χ2n) is 6.56. The molecule has 3 nitrogen and oxygen atoms in total. The van der Waals surface area contributed by atoms with E-state index in [0.29, 0.717) is 0 Å². The van der Waals surface area contributed by atoms with Crippen LogP contribution in [-0.4, -0.2) is 33.3 Å². The van der Waals surface area contributed by atoms with Crippen molar-refractivity contribution in [1.82, 2.24) is 0 Å². The van der Waals surface area contributed by atoms with E-state index in [1.807, 2.05) is 6.07 Å². The largest absolute Gasteiger partial charge is 0.497 e. The van der Waals surface area contributed by atoms with Crippen LogP contribution in [0.1, 0.15) is 16.7 Å². The van der Waals surface area contributed by atoms with E-state index < -0.39 is 0 Å². The first-order valence-corrected chi connectivity index (χ1v) is 8.44. The molecule has 0 bridgehead atoms. The molecule has 1 N–H and O–H groups in total. The summed E-state index contributed by atoms with van der Waals surface area (Å²) in [5.41, 5.74) is 5.49. The van der Waals surface area contributed by atoms with Gasteiger partial charge in [-0.2, -0.15) is 0 Å². The molecule has 1 aliphatic heterocycles. The minimum Gasteiger partial charge on any atom is -0.497 e. The molecule has 1 fully saturated rings. The third kappa shape index (κ3) is 3.85. The highest BCUT2D eigenvalue weighted by molar-refractivity contribution is 5.55. The molecule has 3 heteroatoms. The van der Waals surface area contributed by atoms with E-state index in [-0.39, 0.29) is 0 Å². The third-order valence-corrected chi connectivity index (χ3v) is 4.76. The Morgan fingerprint density at radius 2 is 1.83 bits per heavy atom. The fourth-order valence-corrected chi connectivity index (χ4v) is 3.37. The molecule has 2 aromatic rings. The average molecular weight is 311 g/mol. The van der Waals surface area contributed by atoms with Crippen LogP contribution in [0.4, 0.5) is 5.69 Å². The lowest BCUT2D eigenvalue weighted by Crippen LogP contribution is -3.13. The van der Waals surface area contributed by atoms with Crippen LogP contribution in [0, 0.1) is 13.8 Å². The van der Waals surface area contributed by atoms with Crippen molar-refractivity contribution >= 4 is 5.69 Å². The molecule has 1 heterocycles. The number of hydrogen-bond acceptors (Lipinski definition) is 2. The lowest BCUT2D eigenvalue weighted by molar-refractivity contribution is -0.914. The first-order chi connectivity index (χ1) is 11.2. The van der Waals surface area contributed by atoms with Gasteiger partial charge >= 0.3 is 0 Å². The fourth-order valence-electron chi connectivity index (χ4n) is 3.37. The first-order valence-electron chi connectivity index (χ1n) is 8.44. The number of aryl methyl sites for hydroxylation is 2. The molecule has 0 amide bonds. The molecule has 0 atom stereocenters. The molecule has 23 heavy (non-hydrogen) atoms. The van der Waals surface area contributed by atoms with Crippen molar-refractivity contribution in [3.8, 4) is 5.75 Å². The Balaban J connectivity index is 1.61. The van der Waals surface area contributed by atoms with Gasteiger partial charge in [-0.3, -0.25) is 0 Å². The van der Waals surface area contributed by atoms with E-state index in [1.54, 1.807) is 12.0 Å². The zero-order valence-corrected chi connectivity index (χ0v) is 14.4. The van der Waals surface area contributed by atoms with Crippen LogP contribution >= 0.6 is 0 Å². The van der Waals surface area contributed by atoms with Crippen molar-refractivity contribution in [3.63, 3.8) is 0 Å². The van der Waals surface area contributed by atoms with Crippen LogP contribution in [-0.2, 0) is 6.54 Å². The summed E-state index contributed by atoms with van der Waals surface area (Å²) in [7, 11) is 1.73. The van der Waals surface area contributed by atoms with E-state index in [2.05, 4.69) is 55.1 Å². The van der Waals surface area contributed by atoms with Crippen LogP contribution in [0.25, 0.3) is 0 Å². The van der Waals surface area contributed by atoms with Gasteiger partial charge in [0.1, 0.15) is 12.3 Å². The van der Waals surface area contributed by atoms with E-state index in [0.717, 1.165) is 25.4 Å². The van der Waals surface area contributed by atoms with Gasteiger partial charge in [0.15, 0.2) is 0 Å². The van der Waals surface area contributed by atoms with E-state index in [1.165, 1.54) is 35.5 Å². The van der Waals surface area contributed by atoms with Gasteiger partial charge < -0.3 is 14.5 Å². The maximum Gasteiger partial charge on any atom is 0.119 e. The summed E-state index contributed by atoms with van der Waals surface area (Å²) in [6.45, 7) is 10.1. The number of benzene rings is 2. The number of nitrogens with one attached hydrogen (secondary N) is 1. The average Bonchev–Trinajstić information content (AvgIpc) is 2.58. The molecule has 0 radical (unpaired) electrons. The molecule has 0 aliphatic carbocycles. The molecule has 3 rings (SSSR count). The normalized spacial score (nSPS) is 15.7. The summed E-state index contributed by atoms with van der Waals surface area (Å²) in [6, 6.07) is 15.2. The molecule has 0 aromatic heterocycles. The van der Waals surface area contributed by atoms with Crippen LogP contribution in [0.15, 0.2) is 42.5 Å². The minimum absolute atomic E-state index is 0.955. The topological polar surface area (TPSA) is 16.9 Å². The highest BCUT2D eigenvalue weighted by Gasteiger charge is 2.21. The third-order valence-electron chi connectivity index (χ3n) is 4.76. The van der Waals surface area contributed by atoms with Gasteiger partial charge in [0.25, 0.3) is 0 Å². The quantitative estimate of drug-likeness (QED) is 0.932. The zero-order chi connectivity index (χ0) is 16.2. The number of hydrogen-bond donors (Lipinski definition) is 1. The zero-order valence-electron chi connectivity index (χ0n) is 14.4. The number of ether oxygens (including phenoxy) is 1. The number of quaternary nitrogens is 1. The van der Waals surface area contributed by atoms with Gasteiger partial charge in [0, 0.05) is 11.3 Å². The summed E-state index contributed by atoms with van der Waals surface area (Å²) in [4.78, 5) is 4.19. The summed E-state index contributed by atoms with van der Waals surface area (Å²) < 4.78 is 5.33. The Kier molecular flexibility index (Phi) is 4.87. The first kappa shape index (κ1) is 15.9. The van der Waals surface area contributed by atoms with Crippen molar-refractivity contribution in [2.45, 2.75) is 20.4 Å². The molecule has 0 saturated carbocycles. The van der Waals surface area contributed by atoms with Gasteiger partial charge in [0.2, 0.25) is 0 Å². The van der Waals surface area contributed by atoms with Gasteiger partial charge in [-0.25, -0.2) is 0 Å². The lowest BCUT2D eigenvalue weighted by atomic mass is 10.1. The van der Waals surface area contributed by atoms with E-state index in [9.17, 15) is 0 Å². The maximum absolute atomic E-state index is 5.33. The smallest absolute Gasteiger partial charge is 0.119 e. The SMILES string of the molecule is COc1cccc(C[NH+]2CCN(c3cc(C)ccc3C)CC2)c1. The van der Waals surface area contributed by atoms with Crippen LogP contribution in [0.5, 0.6) is 5.75 Å². The summed E-state index contributed by atoms with van der Waals surface area (Å²) in [6.07, 6.45) is 0. The predicted octanol–water partition coefficient (Wildman–Crippen LogP) is 2.22. The second-order valence-corrected chi connectivity index (χ2v) is 6.56. The molecule has 1 saturated heterocycles. The highest BCUT2D eigenvalue weighted by atomic mass is 16.5. The molecule has 0 unspecified atom stereocenters. The summed E-state index contributed by atoms with van der Waals surface area (Å²) >= 11 is 0. The van der Waals surface area contributed by atoms with Crippen molar-refractivity contribution in [1.29, 1.82) is 0 Å². The van der Waals surface area contributed by atoms with Crippen LogP contribution < -0.4 is 14.5 Å². The Hall–Kier alpha value is -2.00. The van der Waals surface area contributed by atoms with Gasteiger partial charge in [-0.15, -0.1) is 0 Å². The van der Waals surface area contributed by atoms with Crippen molar-refractivity contribution < 1.29 is 9.64 Å². The lowest BCUT2D eigenvalue weighted by Gasteiger charge is -2.34. The number of nitrogens with zero attached hydrogens (tertiary/aromatic N) is 1. The van der Waals surface area contributed by atoms with Crippen LogP contribution in [0.3, 0.4) is 0 Å². The minimum atomic E-state index is 0.955. The number of piperazine rings is 1. The van der Waals surface area contributed by atoms with E-state index >= 15 is 0 Å². The Morgan fingerprint density at radius 3 is 2.57 bits per heavy atom. The Morgan fingerprint density at radius 1 is 1.04 bits per heavy atom. The Labute approximate surface area is 139 Å². The maximum atomic E-state index is 5.33. The molecular formula is C20H27N2O+. The number of rotatable bonds is 4. The van der Waals surface area contributed by atoms with Gasteiger partial charge in [-0.1, -0.05) is 24.3 Å². The van der Waals surface area contributed by atoms with Crippen molar-refractivity contribution in [3.05, 3.63) is 59.2 Å². The monoisotopic (exact) mass is 311 g/mol. The summed E-state index contributed by atoms with van der Waals surface area (Å²) in [5.74, 6) is 0.955. The highest BCUT2D eigenvalue weighted by Crippen LogP contribution is 2.21. The van der Waals surface area contributed by atoms with Crippen molar-refractivity contribution in [2.75, 3.05) is 38.2 Å². The van der Waals surface area contributed by atoms with Gasteiger partial charge in [0.05, 0.1) is 33.3 Å². The van der Waals surface area contributed by atoms with Crippen LogP contribution in [0.2, 0.25) is 0 Å². The molecule has 122 valence electrons. The molecule has 0 spiro atoms. The van der Waals surface area contributed by atoms with E-state index in [4.69, 9.17) is 4.74 Å². The summed E-state index contributed by atoms with van der Waals surface area (Å²) in [5, 5.41) is 0. The number of methoxy groups -OCH3 is 1. The molecular weight excluding hydrogens is 284 g/mol. The second kappa shape index (κ2) is 7.05. The predicted molar refractivity (Wildman–Crippen MR) is 95.5 cm³/mol. The Bertz CT molecular complexity index is 660. The molecule has 1 aliphatic rings. The standard InChI is InChI=1S/C20H26N2O/c1-16-7-8-17(2)20(13-16)22-11-9-21(10-12-22)15-18-5-4-6-19(14-18)23-3/h4-8,13-14H,9-12,15H2,1-3H3/p+1. The van der Waals surface area contributed by atoms with Gasteiger partial charge in [-0.05, 0) is 43.2 Å². The van der Waals surface area contributed by atoms with Crippen molar-refractivity contribution in [2.24, 2.45) is 0 Å². The molecule has 2 aromatic carbocycles. The number of anilines is 1.